The standard InChI is InChI=1S/C18H23F3N4O3/c1-22-8-10-24(11-9-22)17(26)13-4-6-23(7-5-13)15-3-2-14(18(19,20)21)12-16(15)25(27)28/h2-3,12-13H,4-11H2,1H3. The highest BCUT2D eigenvalue weighted by molar-refractivity contribution is 5.79. The number of piperazine rings is 1. The van der Waals surface area contributed by atoms with Gasteiger partial charge in [-0.05, 0) is 32.0 Å². The summed E-state index contributed by atoms with van der Waals surface area (Å²) in [4.78, 5) is 28.9. The Morgan fingerprint density at radius 2 is 1.71 bits per heavy atom. The van der Waals surface area contributed by atoms with Crippen LogP contribution in [0.1, 0.15) is 18.4 Å². The van der Waals surface area contributed by atoms with Gasteiger partial charge >= 0.3 is 6.18 Å². The Balaban J connectivity index is 1.67. The number of nitro benzene ring substituents is 1. The van der Waals surface area contributed by atoms with Crippen molar-refractivity contribution in [2.24, 2.45) is 5.92 Å². The minimum absolute atomic E-state index is 0.106. The topological polar surface area (TPSA) is 69.9 Å². The summed E-state index contributed by atoms with van der Waals surface area (Å²) in [6.45, 7) is 3.86. The predicted molar refractivity (Wildman–Crippen MR) is 97.1 cm³/mol. The number of hydrogen-bond acceptors (Lipinski definition) is 5. The van der Waals surface area contributed by atoms with Crippen LogP contribution in [0.15, 0.2) is 18.2 Å². The molecular weight excluding hydrogens is 377 g/mol. The molecule has 154 valence electrons. The number of halogens is 3. The fourth-order valence-electron chi connectivity index (χ4n) is 3.77. The van der Waals surface area contributed by atoms with Crippen molar-refractivity contribution in [1.29, 1.82) is 0 Å². The van der Waals surface area contributed by atoms with Crippen LogP contribution in [0, 0.1) is 16.0 Å². The normalized spacial score (nSPS) is 19.7. The molecule has 0 radical (unpaired) electrons. The van der Waals surface area contributed by atoms with Gasteiger partial charge in [0.1, 0.15) is 5.69 Å². The summed E-state index contributed by atoms with van der Waals surface area (Å²) in [6.07, 6.45) is -3.57. The van der Waals surface area contributed by atoms with Gasteiger partial charge in [0, 0.05) is 51.3 Å². The molecule has 10 heteroatoms. The van der Waals surface area contributed by atoms with E-state index >= 15 is 0 Å². The van der Waals surface area contributed by atoms with Crippen molar-refractivity contribution >= 4 is 17.3 Å². The van der Waals surface area contributed by atoms with E-state index in [1.807, 2.05) is 11.9 Å². The Bertz CT molecular complexity index is 740. The molecule has 2 heterocycles. The summed E-state index contributed by atoms with van der Waals surface area (Å²) in [5, 5.41) is 11.3. The molecule has 2 saturated heterocycles. The van der Waals surface area contributed by atoms with Crippen LogP contribution in [0.25, 0.3) is 0 Å². The van der Waals surface area contributed by atoms with Crippen LogP contribution in [-0.4, -0.2) is 66.9 Å². The molecule has 0 aromatic heterocycles. The van der Waals surface area contributed by atoms with Crippen LogP contribution in [-0.2, 0) is 11.0 Å². The zero-order valence-electron chi connectivity index (χ0n) is 15.6. The molecule has 3 rings (SSSR count). The Labute approximate surface area is 160 Å². The quantitative estimate of drug-likeness (QED) is 0.576. The van der Waals surface area contributed by atoms with Gasteiger partial charge < -0.3 is 14.7 Å². The number of hydrogen-bond donors (Lipinski definition) is 0. The van der Waals surface area contributed by atoms with E-state index in [0.717, 1.165) is 25.2 Å². The molecule has 0 aliphatic carbocycles. The number of likely N-dealkylation sites (N-methyl/N-ethyl adjacent to an activating group) is 1. The molecule has 2 aliphatic heterocycles. The molecule has 7 nitrogen and oxygen atoms in total. The summed E-state index contributed by atoms with van der Waals surface area (Å²) < 4.78 is 38.6. The number of carbonyl (C=O) groups is 1. The average molecular weight is 400 g/mol. The molecule has 1 aromatic carbocycles. The molecule has 2 fully saturated rings. The second-order valence-corrected chi connectivity index (χ2v) is 7.35. The lowest BCUT2D eigenvalue weighted by Gasteiger charge is -2.38. The zero-order valence-corrected chi connectivity index (χ0v) is 15.6. The van der Waals surface area contributed by atoms with E-state index in [4.69, 9.17) is 0 Å². The van der Waals surface area contributed by atoms with E-state index in [0.29, 0.717) is 45.1 Å². The average Bonchev–Trinajstić information content (AvgIpc) is 2.67. The van der Waals surface area contributed by atoms with Crippen molar-refractivity contribution < 1.29 is 22.9 Å². The summed E-state index contributed by atoms with van der Waals surface area (Å²) in [5.74, 6) is -0.0390. The van der Waals surface area contributed by atoms with E-state index in [1.165, 1.54) is 0 Å². The highest BCUT2D eigenvalue weighted by Gasteiger charge is 2.35. The van der Waals surface area contributed by atoms with Crippen molar-refractivity contribution in [2.45, 2.75) is 19.0 Å². The summed E-state index contributed by atoms with van der Waals surface area (Å²) >= 11 is 0. The number of nitro groups is 1. The lowest BCUT2D eigenvalue weighted by molar-refractivity contribution is -0.384. The van der Waals surface area contributed by atoms with Crippen LogP contribution in [0.5, 0.6) is 0 Å². The highest BCUT2D eigenvalue weighted by atomic mass is 19.4. The van der Waals surface area contributed by atoms with Crippen molar-refractivity contribution in [1.82, 2.24) is 9.80 Å². The molecular formula is C18H23F3N4O3. The first kappa shape index (κ1) is 20.4. The van der Waals surface area contributed by atoms with E-state index < -0.39 is 22.4 Å². The number of nitrogens with zero attached hydrogens (tertiary/aromatic N) is 4. The molecule has 0 unspecified atom stereocenters. The first-order valence-electron chi connectivity index (χ1n) is 9.24. The number of anilines is 1. The van der Waals surface area contributed by atoms with Crippen LogP contribution in [0.4, 0.5) is 24.5 Å². The molecule has 2 aliphatic rings. The van der Waals surface area contributed by atoms with Gasteiger partial charge in [-0.2, -0.15) is 13.2 Å². The molecule has 0 N–H and O–H groups in total. The Morgan fingerprint density at radius 1 is 1.11 bits per heavy atom. The second-order valence-electron chi connectivity index (χ2n) is 7.35. The molecule has 28 heavy (non-hydrogen) atoms. The van der Waals surface area contributed by atoms with Crippen LogP contribution in [0.3, 0.4) is 0 Å². The van der Waals surface area contributed by atoms with E-state index in [9.17, 15) is 28.1 Å². The van der Waals surface area contributed by atoms with Gasteiger partial charge in [0.25, 0.3) is 5.69 Å². The van der Waals surface area contributed by atoms with Gasteiger partial charge in [-0.25, -0.2) is 0 Å². The zero-order chi connectivity index (χ0) is 20.5. The van der Waals surface area contributed by atoms with Gasteiger partial charge in [0.15, 0.2) is 0 Å². The van der Waals surface area contributed by atoms with Crippen molar-refractivity contribution in [2.75, 3.05) is 51.2 Å². The summed E-state index contributed by atoms with van der Waals surface area (Å²) in [6, 6.07) is 2.60. The molecule has 1 aromatic rings. The third-order valence-corrected chi connectivity index (χ3v) is 5.50. The SMILES string of the molecule is CN1CCN(C(=O)C2CCN(c3ccc(C(F)(F)F)cc3[N+](=O)[O-])CC2)CC1. The fourth-order valence-corrected chi connectivity index (χ4v) is 3.77. The van der Waals surface area contributed by atoms with Gasteiger partial charge in [-0.3, -0.25) is 14.9 Å². The van der Waals surface area contributed by atoms with Crippen LogP contribution < -0.4 is 4.90 Å². The lowest BCUT2D eigenvalue weighted by atomic mass is 9.94. The second kappa shape index (κ2) is 7.94. The van der Waals surface area contributed by atoms with Gasteiger partial charge in [-0.15, -0.1) is 0 Å². The van der Waals surface area contributed by atoms with Crippen molar-refractivity contribution in [3.8, 4) is 0 Å². The number of benzene rings is 1. The number of rotatable bonds is 3. The molecule has 0 bridgehead atoms. The minimum Gasteiger partial charge on any atom is -0.366 e. The monoisotopic (exact) mass is 400 g/mol. The smallest absolute Gasteiger partial charge is 0.366 e. The van der Waals surface area contributed by atoms with Crippen molar-refractivity contribution in [3.05, 3.63) is 33.9 Å². The van der Waals surface area contributed by atoms with Crippen LogP contribution in [0.2, 0.25) is 0 Å². The lowest BCUT2D eigenvalue weighted by Crippen LogP contribution is -2.50. The van der Waals surface area contributed by atoms with E-state index in [2.05, 4.69) is 4.90 Å². The van der Waals surface area contributed by atoms with Crippen LogP contribution >= 0.6 is 0 Å². The Kier molecular flexibility index (Phi) is 5.78. The molecule has 0 spiro atoms. The first-order chi connectivity index (χ1) is 13.2. The Morgan fingerprint density at radius 3 is 2.25 bits per heavy atom. The minimum atomic E-state index is -4.63. The summed E-state index contributed by atoms with van der Waals surface area (Å²) in [5.41, 5.74) is -1.43. The third kappa shape index (κ3) is 4.37. The number of piperidine rings is 1. The number of amides is 1. The maximum absolute atomic E-state index is 12.9. The molecule has 1 amide bonds. The summed E-state index contributed by atoms with van der Waals surface area (Å²) in [7, 11) is 2.01. The number of carbonyl (C=O) groups excluding carboxylic acids is 1. The largest absolute Gasteiger partial charge is 0.416 e. The van der Waals surface area contributed by atoms with Gasteiger partial charge in [0.2, 0.25) is 5.91 Å². The van der Waals surface area contributed by atoms with Crippen molar-refractivity contribution in [3.63, 3.8) is 0 Å². The predicted octanol–water partition coefficient (Wildman–Crippen LogP) is 2.60. The maximum Gasteiger partial charge on any atom is 0.416 e. The molecule has 0 saturated carbocycles. The first-order valence-corrected chi connectivity index (χ1v) is 9.24. The third-order valence-electron chi connectivity index (χ3n) is 5.50. The highest BCUT2D eigenvalue weighted by Crippen LogP contribution is 2.37. The van der Waals surface area contributed by atoms with E-state index in [-0.39, 0.29) is 17.5 Å². The Hall–Kier alpha value is -2.36. The molecule has 0 atom stereocenters. The van der Waals surface area contributed by atoms with E-state index in [1.54, 1.807) is 4.90 Å². The van der Waals surface area contributed by atoms with Gasteiger partial charge in [-0.1, -0.05) is 0 Å². The van der Waals surface area contributed by atoms with Gasteiger partial charge in [0.05, 0.1) is 10.5 Å². The fraction of sp³-hybridized carbons (Fsp3) is 0.611. The maximum atomic E-state index is 12.9. The number of alkyl halides is 3.